The van der Waals surface area contributed by atoms with Crippen molar-refractivity contribution in [2.75, 3.05) is 7.05 Å². The maximum Gasteiger partial charge on any atom is 0.0947 e. The Labute approximate surface area is 112 Å². The van der Waals surface area contributed by atoms with Gasteiger partial charge in [0.1, 0.15) is 0 Å². The van der Waals surface area contributed by atoms with E-state index in [9.17, 15) is 0 Å². The van der Waals surface area contributed by atoms with Crippen LogP contribution in [0.5, 0.6) is 0 Å². The summed E-state index contributed by atoms with van der Waals surface area (Å²) in [6.07, 6.45) is 0.952. The summed E-state index contributed by atoms with van der Waals surface area (Å²) in [5.74, 6) is 0. The van der Waals surface area contributed by atoms with Crippen LogP contribution >= 0.6 is 38.6 Å². The van der Waals surface area contributed by atoms with Crippen molar-refractivity contribution in [1.82, 2.24) is 10.3 Å². The molecule has 2 heterocycles. The van der Waals surface area contributed by atoms with E-state index in [1.165, 1.54) is 14.4 Å². The highest BCUT2D eigenvalue weighted by Crippen LogP contribution is 2.31. The fourth-order valence-corrected chi connectivity index (χ4v) is 4.13. The van der Waals surface area contributed by atoms with Crippen molar-refractivity contribution >= 4 is 38.6 Å². The second kappa shape index (κ2) is 5.40. The minimum absolute atomic E-state index is 0.347. The molecule has 0 aromatic carbocycles. The number of hydrogen-bond acceptors (Lipinski definition) is 4. The van der Waals surface area contributed by atoms with Crippen LogP contribution in [0.25, 0.3) is 0 Å². The number of hydrogen-bond donors (Lipinski definition) is 1. The second-order valence-electron chi connectivity index (χ2n) is 3.56. The average Bonchev–Trinajstić information content (AvgIpc) is 2.84. The largest absolute Gasteiger partial charge is 0.312 e. The molecule has 1 atom stereocenters. The third-order valence-electron chi connectivity index (χ3n) is 2.36. The topological polar surface area (TPSA) is 24.9 Å². The van der Waals surface area contributed by atoms with Gasteiger partial charge in [0.2, 0.25) is 0 Å². The molecule has 0 saturated heterocycles. The van der Waals surface area contributed by atoms with E-state index in [-0.39, 0.29) is 0 Å². The van der Waals surface area contributed by atoms with Gasteiger partial charge in [-0.3, -0.25) is 0 Å². The van der Waals surface area contributed by atoms with Gasteiger partial charge in [-0.2, -0.15) is 0 Å². The Morgan fingerprint density at radius 1 is 1.50 bits per heavy atom. The van der Waals surface area contributed by atoms with Crippen LogP contribution in [0.2, 0.25) is 0 Å². The zero-order chi connectivity index (χ0) is 11.5. The Kier molecular flexibility index (Phi) is 4.13. The van der Waals surface area contributed by atoms with E-state index in [2.05, 4.69) is 43.1 Å². The Balaban J connectivity index is 2.15. The molecule has 0 spiro atoms. The summed E-state index contributed by atoms with van der Waals surface area (Å²) in [7, 11) is 2.00. The first-order valence-corrected chi connectivity index (χ1v) is 7.57. The number of nitrogens with zero attached hydrogens (tertiary/aromatic N) is 1. The predicted molar refractivity (Wildman–Crippen MR) is 74.4 cm³/mol. The molecule has 86 valence electrons. The second-order valence-corrected chi connectivity index (χ2v) is 6.31. The third kappa shape index (κ3) is 2.71. The van der Waals surface area contributed by atoms with E-state index in [4.69, 9.17) is 0 Å². The average molecular weight is 317 g/mol. The summed E-state index contributed by atoms with van der Waals surface area (Å²) in [6, 6.07) is 2.44. The minimum Gasteiger partial charge on any atom is -0.312 e. The van der Waals surface area contributed by atoms with Gasteiger partial charge >= 0.3 is 0 Å². The summed E-state index contributed by atoms with van der Waals surface area (Å²) in [6.45, 7) is 2.04. The van der Waals surface area contributed by atoms with Crippen molar-refractivity contribution in [3.63, 3.8) is 0 Å². The molecule has 1 N–H and O–H groups in total. The van der Waals surface area contributed by atoms with Gasteiger partial charge in [-0.1, -0.05) is 0 Å². The molecule has 0 amide bonds. The molecule has 1 unspecified atom stereocenters. The Morgan fingerprint density at radius 3 is 2.81 bits per heavy atom. The van der Waals surface area contributed by atoms with E-state index >= 15 is 0 Å². The Bertz CT molecular complexity index is 464. The summed E-state index contributed by atoms with van der Waals surface area (Å²) < 4.78 is 1.19. The summed E-state index contributed by atoms with van der Waals surface area (Å²) in [5, 5.41) is 8.75. The van der Waals surface area contributed by atoms with E-state index in [1.54, 1.807) is 22.7 Å². The highest BCUT2D eigenvalue weighted by Gasteiger charge is 2.16. The van der Waals surface area contributed by atoms with Crippen LogP contribution in [-0.4, -0.2) is 12.0 Å². The summed E-state index contributed by atoms with van der Waals surface area (Å²) in [5.41, 5.74) is 1.11. The molecule has 0 bridgehead atoms. The first kappa shape index (κ1) is 12.2. The van der Waals surface area contributed by atoms with Crippen LogP contribution in [0.3, 0.4) is 0 Å². The van der Waals surface area contributed by atoms with Crippen LogP contribution in [0.4, 0.5) is 0 Å². The molecule has 0 saturated carbocycles. The lowest BCUT2D eigenvalue weighted by Gasteiger charge is -2.13. The molecule has 5 heteroatoms. The molecule has 0 aliphatic carbocycles. The number of thiazole rings is 1. The standard InChI is InChI=1S/C11H13BrN2S2/c1-7-6-16-10(14-7)5-9(13-2)11-8(12)3-4-15-11/h3-4,6,9,13H,5H2,1-2H3. The predicted octanol–water partition coefficient (Wildman–Crippen LogP) is 3.78. The number of rotatable bonds is 4. The number of likely N-dealkylation sites (N-methyl/N-ethyl adjacent to an activating group) is 1. The van der Waals surface area contributed by atoms with Crippen molar-refractivity contribution in [2.24, 2.45) is 0 Å². The normalized spacial score (nSPS) is 12.9. The number of thiophene rings is 1. The molecule has 16 heavy (non-hydrogen) atoms. The number of aromatic nitrogens is 1. The van der Waals surface area contributed by atoms with Gasteiger partial charge < -0.3 is 5.32 Å². The van der Waals surface area contributed by atoms with Crippen molar-refractivity contribution in [3.8, 4) is 0 Å². The van der Waals surface area contributed by atoms with Gasteiger partial charge in [-0.05, 0) is 41.3 Å². The van der Waals surface area contributed by atoms with Crippen molar-refractivity contribution in [2.45, 2.75) is 19.4 Å². The van der Waals surface area contributed by atoms with Crippen LogP contribution in [0.15, 0.2) is 21.3 Å². The highest BCUT2D eigenvalue weighted by atomic mass is 79.9. The first-order valence-electron chi connectivity index (χ1n) is 5.02. The Hall–Kier alpha value is -0.230. The lowest BCUT2D eigenvalue weighted by atomic mass is 10.2. The summed E-state index contributed by atoms with van der Waals surface area (Å²) >= 11 is 7.09. The fourth-order valence-electron chi connectivity index (χ4n) is 1.55. The maximum absolute atomic E-state index is 4.51. The lowest BCUT2D eigenvalue weighted by molar-refractivity contribution is 0.598. The van der Waals surface area contributed by atoms with Crippen molar-refractivity contribution in [3.05, 3.63) is 36.9 Å². The Morgan fingerprint density at radius 2 is 2.31 bits per heavy atom. The van der Waals surface area contributed by atoms with E-state index < -0.39 is 0 Å². The minimum atomic E-state index is 0.347. The van der Waals surface area contributed by atoms with Crippen LogP contribution in [0, 0.1) is 6.92 Å². The molecule has 2 aromatic heterocycles. The SMILES string of the molecule is CNC(Cc1nc(C)cs1)c1sccc1Br. The fraction of sp³-hybridized carbons (Fsp3) is 0.364. The molecule has 0 aliphatic rings. The van der Waals surface area contributed by atoms with Gasteiger partial charge in [0.15, 0.2) is 0 Å². The van der Waals surface area contributed by atoms with Crippen molar-refractivity contribution in [1.29, 1.82) is 0 Å². The van der Waals surface area contributed by atoms with Crippen LogP contribution in [0.1, 0.15) is 21.6 Å². The van der Waals surface area contributed by atoms with E-state index in [0.717, 1.165) is 12.1 Å². The molecule has 0 aliphatic heterocycles. The zero-order valence-electron chi connectivity index (χ0n) is 9.16. The molecule has 2 aromatic rings. The molecule has 2 nitrogen and oxygen atoms in total. The van der Waals surface area contributed by atoms with Gasteiger partial charge in [0.25, 0.3) is 0 Å². The molecule has 0 fully saturated rings. The molecular weight excluding hydrogens is 304 g/mol. The van der Waals surface area contributed by atoms with Gasteiger partial charge in [-0.25, -0.2) is 4.98 Å². The summed E-state index contributed by atoms with van der Waals surface area (Å²) in [4.78, 5) is 5.85. The van der Waals surface area contributed by atoms with Gasteiger partial charge in [0.05, 0.1) is 5.01 Å². The van der Waals surface area contributed by atoms with E-state index in [0.29, 0.717) is 6.04 Å². The van der Waals surface area contributed by atoms with Crippen molar-refractivity contribution < 1.29 is 0 Å². The monoisotopic (exact) mass is 316 g/mol. The molecular formula is C11H13BrN2S2. The maximum atomic E-state index is 4.51. The quantitative estimate of drug-likeness (QED) is 0.928. The molecule has 2 rings (SSSR count). The number of nitrogens with one attached hydrogen (secondary N) is 1. The highest BCUT2D eigenvalue weighted by molar-refractivity contribution is 9.10. The number of halogens is 1. The van der Waals surface area contributed by atoms with Gasteiger partial charge in [0, 0.05) is 32.9 Å². The first-order chi connectivity index (χ1) is 7.70. The molecule has 0 radical (unpaired) electrons. The van der Waals surface area contributed by atoms with Crippen LogP contribution in [-0.2, 0) is 6.42 Å². The van der Waals surface area contributed by atoms with Crippen LogP contribution < -0.4 is 5.32 Å². The van der Waals surface area contributed by atoms with Gasteiger partial charge in [-0.15, -0.1) is 22.7 Å². The third-order valence-corrected chi connectivity index (χ3v) is 5.33. The van der Waals surface area contributed by atoms with E-state index in [1.807, 2.05) is 14.0 Å². The smallest absolute Gasteiger partial charge is 0.0947 e. The zero-order valence-corrected chi connectivity index (χ0v) is 12.4. The number of aryl methyl sites for hydroxylation is 1. The lowest BCUT2D eigenvalue weighted by Crippen LogP contribution is -2.18.